The van der Waals surface area contributed by atoms with Gasteiger partial charge >= 0.3 is 0 Å². The number of fused-ring (bicyclic) bond motifs is 2. The summed E-state index contributed by atoms with van der Waals surface area (Å²) in [6, 6.07) is 5.72. The maximum atomic E-state index is 13.2. The van der Waals surface area contributed by atoms with Gasteiger partial charge in [0.15, 0.2) is 10.8 Å². The summed E-state index contributed by atoms with van der Waals surface area (Å²) in [6.45, 7) is 3.96. The van der Waals surface area contributed by atoms with E-state index in [-0.39, 0.29) is 35.8 Å². The highest BCUT2D eigenvalue weighted by atomic mass is 32.2. The third kappa shape index (κ3) is 3.30. The van der Waals surface area contributed by atoms with Crippen LogP contribution in [0.5, 0.6) is 0 Å². The summed E-state index contributed by atoms with van der Waals surface area (Å²) < 4.78 is 16.3. The summed E-state index contributed by atoms with van der Waals surface area (Å²) in [5.41, 5.74) is 0.848. The number of halogens is 1. The van der Waals surface area contributed by atoms with Crippen LogP contribution >= 0.6 is 11.8 Å². The molecule has 0 saturated carbocycles. The molecular weight excluding hydrogens is 381 g/mol. The fraction of sp³-hybridized carbons (Fsp3) is 0.368. The molecule has 2 unspecified atom stereocenters. The molecule has 2 aromatic heterocycles. The van der Waals surface area contributed by atoms with Crippen molar-refractivity contribution in [3.63, 3.8) is 0 Å². The number of carbonyl (C=O) groups excluding carboxylic acids is 1. The molecule has 0 spiro atoms. The largest absolute Gasteiger partial charge is 0.354 e. The predicted molar refractivity (Wildman–Crippen MR) is 105 cm³/mol. The Hall–Kier alpha value is -2.68. The molecule has 1 aliphatic heterocycles. The van der Waals surface area contributed by atoms with Crippen molar-refractivity contribution in [3.05, 3.63) is 46.6 Å². The molecule has 0 bridgehead atoms. The normalized spacial score (nSPS) is 16.9. The second kappa shape index (κ2) is 7.38. The molecule has 3 aromatic rings. The van der Waals surface area contributed by atoms with Crippen molar-refractivity contribution < 1.29 is 9.18 Å². The quantitative estimate of drug-likeness (QED) is 0.665. The van der Waals surface area contributed by atoms with Crippen LogP contribution in [0.4, 0.5) is 4.39 Å². The molecule has 1 aromatic carbocycles. The molecule has 9 heteroatoms. The third-order valence-corrected chi connectivity index (χ3v) is 5.98. The van der Waals surface area contributed by atoms with Crippen LogP contribution in [-0.2, 0) is 4.79 Å². The van der Waals surface area contributed by atoms with Crippen molar-refractivity contribution in [2.24, 2.45) is 0 Å². The lowest BCUT2D eigenvalue weighted by Crippen LogP contribution is -2.35. The molecule has 28 heavy (non-hydrogen) atoms. The van der Waals surface area contributed by atoms with Crippen molar-refractivity contribution in [2.45, 2.75) is 43.9 Å². The Balaban J connectivity index is 1.69. The van der Waals surface area contributed by atoms with Gasteiger partial charge in [0.1, 0.15) is 11.2 Å². The average molecular weight is 401 g/mol. The van der Waals surface area contributed by atoms with Crippen LogP contribution in [0.25, 0.3) is 16.7 Å². The first-order chi connectivity index (χ1) is 13.5. The second-order valence-corrected chi connectivity index (χ2v) is 7.87. The van der Waals surface area contributed by atoms with E-state index in [1.54, 1.807) is 16.7 Å². The topological polar surface area (TPSA) is 81.8 Å². The summed E-state index contributed by atoms with van der Waals surface area (Å²) in [5.74, 6) is 0.206. The lowest BCUT2D eigenvalue weighted by molar-refractivity contribution is -0.122. The van der Waals surface area contributed by atoms with Crippen molar-refractivity contribution in [2.75, 3.05) is 5.75 Å². The van der Waals surface area contributed by atoms with E-state index in [1.165, 1.54) is 34.8 Å². The Bertz CT molecular complexity index is 1090. The van der Waals surface area contributed by atoms with Crippen molar-refractivity contribution in [1.29, 1.82) is 0 Å². The van der Waals surface area contributed by atoms with Crippen molar-refractivity contribution in [3.8, 4) is 5.69 Å². The molecule has 1 aliphatic rings. The Kier molecular flexibility index (Phi) is 4.92. The maximum absolute atomic E-state index is 13.2. The second-order valence-electron chi connectivity index (χ2n) is 6.89. The zero-order valence-electron chi connectivity index (χ0n) is 15.6. The van der Waals surface area contributed by atoms with Gasteiger partial charge in [-0.1, -0.05) is 18.7 Å². The lowest BCUT2D eigenvalue weighted by atomic mass is 10.2. The number of hydrogen-bond donors (Lipinski definition) is 1. The summed E-state index contributed by atoms with van der Waals surface area (Å²) in [5, 5.41) is 8.16. The van der Waals surface area contributed by atoms with Gasteiger partial charge in [0, 0.05) is 18.2 Å². The Morgan fingerprint density at radius 3 is 2.86 bits per heavy atom. The molecule has 2 atom stereocenters. The first-order valence-corrected chi connectivity index (χ1v) is 10.1. The molecule has 0 saturated heterocycles. The minimum atomic E-state index is -0.344. The van der Waals surface area contributed by atoms with E-state index in [1.807, 2.05) is 13.8 Å². The van der Waals surface area contributed by atoms with E-state index in [0.717, 1.165) is 6.42 Å². The van der Waals surface area contributed by atoms with Gasteiger partial charge in [-0.15, -0.1) is 0 Å². The molecule has 7 nitrogen and oxygen atoms in total. The highest BCUT2D eigenvalue weighted by Gasteiger charge is 2.29. The highest BCUT2D eigenvalue weighted by Crippen LogP contribution is 2.33. The van der Waals surface area contributed by atoms with Gasteiger partial charge in [0.05, 0.1) is 17.9 Å². The van der Waals surface area contributed by atoms with E-state index in [9.17, 15) is 14.0 Å². The van der Waals surface area contributed by atoms with E-state index in [0.29, 0.717) is 27.6 Å². The summed E-state index contributed by atoms with van der Waals surface area (Å²) in [4.78, 5) is 29.9. The average Bonchev–Trinajstić information content (AvgIpc) is 3.27. The Labute approximate surface area is 165 Å². The Morgan fingerprint density at radius 2 is 2.14 bits per heavy atom. The first kappa shape index (κ1) is 18.7. The predicted octanol–water partition coefficient (Wildman–Crippen LogP) is 2.67. The van der Waals surface area contributed by atoms with E-state index >= 15 is 0 Å². The number of thioether (sulfide) groups is 1. The third-order valence-electron chi connectivity index (χ3n) is 4.88. The number of hydrogen-bond acceptors (Lipinski definition) is 5. The molecule has 0 fully saturated rings. The fourth-order valence-corrected chi connectivity index (χ4v) is 4.33. The first-order valence-electron chi connectivity index (χ1n) is 9.16. The number of carbonyl (C=O) groups is 1. The monoisotopic (exact) mass is 401 g/mol. The standard InChI is InChI=1S/C19H20FN5O2S/c1-3-11(2)22-16(26)8-14-10-28-19-23-17-15(18(27)24(14)19)9-21-25(17)13-6-4-12(20)5-7-13/h4-7,9,11,14H,3,8,10H2,1-2H3,(H,22,26). The van der Waals surface area contributed by atoms with E-state index < -0.39 is 0 Å². The van der Waals surface area contributed by atoms with E-state index in [2.05, 4.69) is 15.4 Å². The minimum absolute atomic E-state index is 0.0678. The highest BCUT2D eigenvalue weighted by molar-refractivity contribution is 7.99. The molecule has 146 valence electrons. The van der Waals surface area contributed by atoms with Gasteiger partial charge in [-0.25, -0.2) is 14.1 Å². The maximum Gasteiger partial charge on any atom is 0.265 e. The number of nitrogens with one attached hydrogen (secondary N) is 1. The SMILES string of the molecule is CCC(C)NC(=O)CC1CSc2nc3c(cnn3-c3ccc(F)cc3)c(=O)n21. The van der Waals surface area contributed by atoms with Gasteiger partial charge in [0.25, 0.3) is 5.56 Å². The van der Waals surface area contributed by atoms with Crippen LogP contribution in [0.1, 0.15) is 32.7 Å². The lowest BCUT2D eigenvalue weighted by Gasteiger charge is -2.16. The van der Waals surface area contributed by atoms with Gasteiger partial charge in [-0.3, -0.25) is 14.2 Å². The van der Waals surface area contributed by atoms with Crippen molar-refractivity contribution >= 4 is 28.7 Å². The van der Waals surface area contributed by atoms with Gasteiger partial charge in [-0.2, -0.15) is 5.10 Å². The fourth-order valence-electron chi connectivity index (χ4n) is 3.20. The van der Waals surface area contributed by atoms with Crippen LogP contribution in [0.15, 0.2) is 40.4 Å². The van der Waals surface area contributed by atoms with Gasteiger partial charge in [-0.05, 0) is 37.6 Å². The smallest absolute Gasteiger partial charge is 0.265 e. The van der Waals surface area contributed by atoms with Crippen LogP contribution in [0.3, 0.4) is 0 Å². The van der Waals surface area contributed by atoms with Crippen molar-refractivity contribution in [1.82, 2.24) is 24.6 Å². The van der Waals surface area contributed by atoms with Crippen LogP contribution in [0, 0.1) is 5.82 Å². The molecule has 1 amide bonds. The number of aromatic nitrogens is 4. The molecule has 3 heterocycles. The number of rotatable bonds is 5. The molecule has 1 N–H and O–H groups in total. The number of benzene rings is 1. The molecule has 4 rings (SSSR count). The summed E-state index contributed by atoms with van der Waals surface area (Å²) in [7, 11) is 0. The minimum Gasteiger partial charge on any atom is -0.354 e. The molecular formula is C19H20FN5O2S. The number of amides is 1. The molecule has 0 radical (unpaired) electrons. The molecule has 0 aliphatic carbocycles. The summed E-state index contributed by atoms with van der Waals surface area (Å²) >= 11 is 1.45. The summed E-state index contributed by atoms with van der Waals surface area (Å²) in [6.07, 6.45) is 2.57. The van der Waals surface area contributed by atoms with E-state index in [4.69, 9.17) is 0 Å². The van der Waals surface area contributed by atoms with Gasteiger partial charge in [0.2, 0.25) is 5.91 Å². The Morgan fingerprint density at radius 1 is 1.39 bits per heavy atom. The van der Waals surface area contributed by atoms with Crippen LogP contribution < -0.4 is 10.9 Å². The van der Waals surface area contributed by atoms with Crippen LogP contribution in [-0.4, -0.2) is 37.0 Å². The van der Waals surface area contributed by atoms with Gasteiger partial charge < -0.3 is 5.32 Å². The zero-order chi connectivity index (χ0) is 19.8. The zero-order valence-corrected chi connectivity index (χ0v) is 16.4. The number of nitrogens with zero attached hydrogens (tertiary/aromatic N) is 4. The van der Waals surface area contributed by atoms with Crippen LogP contribution in [0.2, 0.25) is 0 Å².